The zero-order valence-corrected chi connectivity index (χ0v) is 11.1. The maximum Gasteiger partial charge on any atom is 0.805 e. The third-order valence-corrected chi connectivity index (χ3v) is 2.66. The minimum absolute atomic E-state index is 0.236. The summed E-state index contributed by atoms with van der Waals surface area (Å²) in [4.78, 5) is 0. The first kappa shape index (κ1) is 16.8. The van der Waals surface area contributed by atoms with E-state index in [-0.39, 0.29) is 5.76 Å². The van der Waals surface area contributed by atoms with E-state index in [1.54, 1.807) is 0 Å². The van der Waals surface area contributed by atoms with Crippen LogP contribution < -0.4 is 4.52 Å². The van der Waals surface area contributed by atoms with E-state index in [0.717, 1.165) is 0 Å². The molecule has 1 unspecified atom stereocenters. The van der Waals surface area contributed by atoms with Gasteiger partial charge in [0.25, 0.3) is 5.75 Å². The van der Waals surface area contributed by atoms with Crippen LogP contribution in [-0.4, -0.2) is 0 Å². The topological polar surface area (TPSA) is 35.5 Å². The first-order valence-electron chi connectivity index (χ1n) is 5.12. The van der Waals surface area contributed by atoms with Crippen molar-refractivity contribution in [1.29, 1.82) is 0 Å². The number of rotatable bonds is 6. The summed E-state index contributed by atoms with van der Waals surface area (Å²) < 4.78 is 84.8. The molecule has 0 aliphatic rings. The van der Waals surface area contributed by atoms with Crippen LogP contribution in [0.2, 0.25) is 0 Å². The summed E-state index contributed by atoms with van der Waals surface area (Å²) in [7, 11) is -3.25. The molecule has 0 aliphatic heterocycles. The van der Waals surface area contributed by atoms with Gasteiger partial charge in [-0.2, -0.15) is 8.78 Å². The van der Waals surface area contributed by atoms with E-state index >= 15 is 0 Å². The second-order valence-electron chi connectivity index (χ2n) is 3.37. The SMILES string of the molecule is C=CC=CC(=C)O[P+](=O)Oc1c(F)c(F)c(F)c(F)c1F. The standard InChI is InChI=1S/C12H7F5O3P/c1-3-4-5-6(2)19-21(18)20-12-10(16)8(14)7(13)9(15)11(12)17/h3-5H,1-2H2/q+1. The molecule has 0 aromatic heterocycles. The van der Waals surface area contributed by atoms with Crippen molar-refractivity contribution in [2.75, 3.05) is 0 Å². The van der Waals surface area contributed by atoms with E-state index in [4.69, 9.17) is 0 Å². The molecule has 3 nitrogen and oxygen atoms in total. The minimum atomic E-state index is -3.25. The zero-order valence-electron chi connectivity index (χ0n) is 10.2. The third-order valence-electron chi connectivity index (χ3n) is 1.95. The molecule has 1 atom stereocenters. The van der Waals surface area contributed by atoms with Crippen molar-refractivity contribution in [1.82, 2.24) is 0 Å². The van der Waals surface area contributed by atoms with Gasteiger partial charge in [0, 0.05) is 4.57 Å². The monoisotopic (exact) mass is 325 g/mol. The molecule has 0 spiro atoms. The molecule has 21 heavy (non-hydrogen) atoms. The molecule has 0 bridgehead atoms. The van der Waals surface area contributed by atoms with E-state index in [9.17, 15) is 26.5 Å². The van der Waals surface area contributed by atoms with E-state index in [2.05, 4.69) is 22.2 Å². The van der Waals surface area contributed by atoms with Crippen LogP contribution in [0.5, 0.6) is 5.75 Å². The Kier molecular flexibility index (Phi) is 5.60. The fraction of sp³-hybridized carbons (Fsp3) is 0. The zero-order chi connectivity index (χ0) is 16.2. The predicted molar refractivity (Wildman–Crippen MR) is 64.0 cm³/mol. The van der Waals surface area contributed by atoms with Gasteiger partial charge in [-0.15, -0.1) is 0 Å². The van der Waals surface area contributed by atoms with Gasteiger partial charge in [0.1, 0.15) is 0 Å². The van der Waals surface area contributed by atoms with Crippen LogP contribution >= 0.6 is 8.25 Å². The largest absolute Gasteiger partial charge is 0.805 e. The molecular weight excluding hydrogens is 318 g/mol. The molecule has 1 aromatic carbocycles. The molecular formula is C12H7F5O3P+. The van der Waals surface area contributed by atoms with Crippen LogP contribution in [0.3, 0.4) is 0 Å². The van der Waals surface area contributed by atoms with Crippen molar-refractivity contribution >= 4 is 8.25 Å². The van der Waals surface area contributed by atoms with Crippen molar-refractivity contribution in [2.45, 2.75) is 0 Å². The van der Waals surface area contributed by atoms with Gasteiger partial charge in [0.15, 0.2) is 5.76 Å². The van der Waals surface area contributed by atoms with Crippen LogP contribution in [0.25, 0.3) is 0 Å². The second kappa shape index (κ2) is 6.99. The number of benzene rings is 1. The fourth-order valence-corrected chi connectivity index (χ4v) is 1.66. The van der Waals surface area contributed by atoms with Gasteiger partial charge in [-0.1, -0.05) is 25.3 Å². The molecule has 0 aliphatic carbocycles. The maximum absolute atomic E-state index is 13.2. The lowest BCUT2D eigenvalue weighted by Crippen LogP contribution is -2.04. The number of halogens is 5. The highest BCUT2D eigenvalue weighted by molar-refractivity contribution is 7.34. The first-order valence-corrected chi connectivity index (χ1v) is 6.21. The van der Waals surface area contributed by atoms with Gasteiger partial charge in [-0.05, 0) is 6.08 Å². The predicted octanol–water partition coefficient (Wildman–Crippen LogP) is 4.69. The van der Waals surface area contributed by atoms with Gasteiger partial charge < -0.3 is 0 Å². The second-order valence-corrected chi connectivity index (χ2v) is 4.18. The highest BCUT2D eigenvalue weighted by atomic mass is 31.1. The van der Waals surface area contributed by atoms with Crippen molar-refractivity contribution < 1.29 is 35.6 Å². The summed E-state index contributed by atoms with van der Waals surface area (Å²) in [6.45, 7) is 6.58. The lowest BCUT2D eigenvalue weighted by atomic mass is 10.3. The molecule has 1 aromatic rings. The number of allylic oxidation sites excluding steroid dienone is 3. The molecule has 112 valence electrons. The molecule has 0 N–H and O–H groups in total. The average Bonchev–Trinajstić information content (AvgIpc) is 2.45. The Labute approximate surface area is 116 Å². The van der Waals surface area contributed by atoms with Gasteiger partial charge >= 0.3 is 8.25 Å². The average molecular weight is 325 g/mol. The summed E-state index contributed by atoms with van der Waals surface area (Å²) in [5.74, 6) is -13.3. The third kappa shape index (κ3) is 3.88. The molecule has 0 heterocycles. The summed E-state index contributed by atoms with van der Waals surface area (Å²) in [5.41, 5.74) is 0. The Balaban J connectivity index is 2.99. The highest BCUT2D eigenvalue weighted by Crippen LogP contribution is 2.36. The van der Waals surface area contributed by atoms with Gasteiger partial charge in [-0.25, -0.2) is 22.2 Å². The van der Waals surface area contributed by atoms with Crippen LogP contribution in [0, 0.1) is 29.1 Å². The Morgan fingerprint density at radius 3 is 1.95 bits per heavy atom. The number of hydrogen-bond acceptors (Lipinski definition) is 3. The quantitative estimate of drug-likeness (QED) is 0.190. The van der Waals surface area contributed by atoms with E-state index in [1.807, 2.05) is 0 Å². The minimum Gasteiger partial charge on any atom is -0.223 e. The Hall–Kier alpha value is -2.21. The van der Waals surface area contributed by atoms with Crippen molar-refractivity contribution in [3.05, 3.63) is 66.2 Å². The van der Waals surface area contributed by atoms with Gasteiger partial charge in [-0.3, -0.25) is 0 Å². The van der Waals surface area contributed by atoms with Crippen LogP contribution in [0.1, 0.15) is 0 Å². The van der Waals surface area contributed by atoms with Crippen LogP contribution in [0.15, 0.2) is 37.1 Å². The summed E-state index contributed by atoms with van der Waals surface area (Å²) in [6, 6.07) is 0. The fourth-order valence-electron chi connectivity index (χ4n) is 1.06. The summed E-state index contributed by atoms with van der Waals surface area (Å²) in [6.07, 6.45) is 3.85. The van der Waals surface area contributed by atoms with E-state index in [1.165, 1.54) is 18.2 Å². The Bertz CT molecular complexity index is 613. The molecule has 0 fully saturated rings. The maximum atomic E-state index is 13.2. The molecule has 0 saturated heterocycles. The molecule has 0 saturated carbocycles. The van der Waals surface area contributed by atoms with Crippen molar-refractivity contribution in [3.8, 4) is 5.75 Å². The summed E-state index contributed by atoms with van der Waals surface area (Å²) in [5, 5.41) is 0. The van der Waals surface area contributed by atoms with Crippen molar-refractivity contribution in [3.63, 3.8) is 0 Å². The Morgan fingerprint density at radius 1 is 1.00 bits per heavy atom. The molecule has 9 heteroatoms. The Morgan fingerprint density at radius 2 is 1.48 bits per heavy atom. The normalized spacial score (nSPS) is 11.4. The van der Waals surface area contributed by atoms with Crippen molar-refractivity contribution in [2.24, 2.45) is 0 Å². The lowest BCUT2D eigenvalue weighted by molar-refractivity contribution is 0.322. The number of hydrogen-bond donors (Lipinski definition) is 0. The van der Waals surface area contributed by atoms with Crippen LogP contribution in [-0.2, 0) is 9.09 Å². The van der Waals surface area contributed by atoms with E-state index < -0.39 is 43.1 Å². The van der Waals surface area contributed by atoms with E-state index in [0.29, 0.717) is 0 Å². The smallest absolute Gasteiger partial charge is 0.223 e. The highest BCUT2D eigenvalue weighted by Gasteiger charge is 2.35. The molecule has 1 rings (SSSR count). The first-order chi connectivity index (χ1) is 9.79. The summed E-state index contributed by atoms with van der Waals surface area (Å²) >= 11 is 0. The van der Waals surface area contributed by atoms with Crippen LogP contribution in [0.4, 0.5) is 22.0 Å². The van der Waals surface area contributed by atoms with Gasteiger partial charge in [0.2, 0.25) is 29.1 Å². The lowest BCUT2D eigenvalue weighted by Gasteiger charge is -2.02. The molecule has 0 radical (unpaired) electrons. The molecule has 0 amide bonds. The van der Waals surface area contributed by atoms with Gasteiger partial charge in [0.05, 0.1) is 0 Å².